The molecule has 136 heavy (non-hydrogen) atoms. The molecule has 0 amide bonds. The van der Waals surface area contributed by atoms with Crippen molar-refractivity contribution in [2.45, 2.75) is 157 Å². The van der Waals surface area contributed by atoms with Gasteiger partial charge in [-0.3, -0.25) is 14.7 Å². The van der Waals surface area contributed by atoms with Crippen LogP contribution in [0.2, 0.25) is 0 Å². The minimum Gasteiger partial charge on any atom is -0.394 e. The van der Waals surface area contributed by atoms with Gasteiger partial charge in [-0.2, -0.15) is 0 Å². The maximum Gasteiger partial charge on any atom is 0.584 e. The van der Waals surface area contributed by atoms with Crippen molar-refractivity contribution >= 4 is 88.1 Å². The molecule has 3 N–H and O–H groups in total. The van der Waals surface area contributed by atoms with Crippen LogP contribution in [0.5, 0.6) is 34.5 Å². The minimum atomic E-state index is -4.62. The Morgan fingerprint density at radius 3 is 0.419 bits per heavy atom. The average molecular weight is 1890 g/mol. The van der Waals surface area contributed by atoms with Crippen LogP contribution in [0.3, 0.4) is 0 Å². The first-order valence-electron chi connectivity index (χ1n) is 46.1. The molecule has 3 heterocycles. The summed E-state index contributed by atoms with van der Waals surface area (Å²) in [6, 6.07) is 111. The zero-order valence-corrected chi connectivity index (χ0v) is 83.7. The van der Waals surface area contributed by atoms with E-state index in [4.69, 9.17) is 27.1 Å². The zero-order chi connectivity index (χ0) is 95.2. The number of hydrogen-bond donors (Lipinski definition) is 3. The summed E-state index contributed by atoms with van der Waals surface area (Å²) in [6.45, 7) is 39.3. The number of rotatable bonds is 6. The van der Waals surface area contributed by atoms with E-state index in [1.54, 1.807) is 0 Å². The predicted octanol–water partition coefficient (Wildman–Crippen LogP) is 34.4. The SMILES string of the molecule is CC(C)(C)c1ccc(-c2cc3ccccc3c3c2OP(=O)(O)Oc2c(-c4ccc(C(C)(C)C)cc4)cc4ccccc4c2-3)cc1.CC(C)(C)c1ccc(-c2cc3ccccc3c3c2OP(=O)(O)Oc2c(-c4ccc(C(C)(C)C)cc4)cc4ccccc4c2-3)cc1.CC(C)(C)c1ccc(-c2cc3ccccc3c3c2OP(=O)(O)Oc2c(-c4ccc(C(C)(C)C)cc4)cc4ccccc4c2-3)cc1.[Fe]. The molecule has 0 aliphatic carbocycles. The van der Waals surface area contributed by atoms with Crippen LogP contribution in [0.25, 0.3) is 165 Å². The van der Waals surface area contributed by atoms with E-state index in [1.165, 1.54) is 33.4 Å². The minimum absolute atomic E-state index is 0. The monoisotopic (exact) mass is 1890 g/mol. The Labute approximate surface area is 807 Å². The summed E-state index contributed by atoms with van der Waals surface area (Å²) in [5, 5.41) is 11.5. The molecule has 0 fully saturated rings. The number of benzene rings is 18. The van der Waals surface area contributed by atoms with Gasteiger partial charge in [-0.15, -0.1) is 0 Å². The maximum absolute atomic E-state index is 13.9. The third-order valence-electron chi connectivity index (χ3n) is 26.4. The topological polar surface area (TPSA) is 167 Å². The Kier molecular flexibility index (Phi) is 24.1. The van der Waals surface area contributed by atoms with Gasteiger partial charge < -0.3 is 27.1 Å². The van der Waals surface area contributed by atoms with Crippen molar-refractivity contribution in [3.63, 3.8) is 0 Å². The Morgan fingerprint density at radius 1 is 0.184 bits per heavy atom. The van der Waals surface area contributed by atoms with Gasteiger partial charge in [0.15, 0.2) is 0 Å². The molecule has 21 rings (SSSR count). The zero-order valence-electron chi connectivity index (χ0n) is 79.9. The van der Waals surface area contributed by atoms with Crippen molar-refractivity contribution < 1.29 is 72.6 Å². The molecule has 3 aliphatic rings. The van der Waals surface area contributed by atoms with Crippen LogP contribution in [0.4, 0.5) is 0 Å². The molecule has 0 atom stereocenters. The molecule has 0 saturated heterocycles. The Bertz CT molecular complexity index is 6740. The van der Waals surface area contributed by atoms with Crippen molar-refractivity contribution in [2.24, 2.45) is 0 Å². The van der Waals surface area contributed by atoms with E-state index >= 15 is 0 Å². The maximum atomic E-state index is 13.9. The van der Waals surface area contributed by atoms with Gasteiger partial charge in [-0.25, -0.2) is 13.7 Å². The van der Waals surface area contributed by atoms with E-state index in [9.17, 15) is 28.4 Å². The van der Waals surface area contributed by atoms with Crippen molar-refractivity contribution in [3.8, 4) is 135 Å². The van der Waals surface area contributed by atoms with Crippen molar-refractivity contribution in [3.05, 3.63) is 361 Å². The Morgan fingerprint density at radius 2 is 0.301 bits per heavy atom. The quantitative estimate of drug-likeness (QED) is 0.107. The number of phosphoric ester groups is 3. The summed E-state index contributed by atoms with van der Waals surface area (Å²) in [4.78, 5) is 34.0. The van der Waals surface area contributed by atoms with Gasteiger partial charge in [0.05, 0.1) is 0 Å². The van der Waals surface area contributed by atoms with E-state index in [0.29, 0.717) is 34.5 Å². The van der Waals surface area contributed by atoms with Crippen LogP contribution >= 0.6 is 23.5 Å². The van der Waals surface area contributed by atoms with Gasteiger partial charge >= 0.3 is 23.5 Å². The summed E-state index contributed by atoms with van der Waals surface area (Å²) in [5.74, 6) is 2.04. The standard InChI is InChI=1S/3C40H37O4P.Fe/c3*1-39(2,3)29-19-15-25(16-20-29)33-23-27-11-7-9-13-31(27)35-36-32-14-10-8-12-28(32)24-34(38(36)44-45(41,42)43-37(33)35)26-17-21-30(22-18-26)40(4,5)6;/h3*7-24H,1-6H3,(H,41,42);. The Hall–Kier alpha value is -12.6. The van der Waals surface area contributed by atoms with E-state index in [1.807, 2.05) is 146 Å². The molecular weight excluding hydrogens is 1780 g/mol. The van der Waals surface area contributed by atoms with Crippen LogP contribution in [0.1, 0.15) is 158 Å². The summed E-state index contributed by atoms with van der Waals surface area (Å²) >= 11 is 0. The van der Waals surface area contributed by atoms with Crippen molar-refractivity contribution in [2.75, 3.05) is 0 Å². The number of phosphoric acid groups is 3. The van der Waals surface area contributed by atoms with Crippen molar-refractivity contribution in [1.82, 2.24) is 0 Å². The van der Waals surface area contributed by atoms with Crippen LogP contribution in [0, 0.1) is 0 Å². The fraction of sp³-hybridized carbons (Fsp3) is 0.200. The van der Waals surface area contributed by atoms with E-state index in [-0.39, 0.29) is 49.6 Å². The largest absolute Gasteiger partial charge is 0.584 e. The third-order valence-corrected chi connectivity index (χ3v) is 28.9. The molecule has 686 valence electrons. The Balaban J connectivity index is 0.000000135. The van der Waals surface area contributed by atoms with Gasteiger partial charge in [-0.05, 0) is 200 Å². The molecule has 12 nitrogen and oxygen atoms in total. The molecule has 0 radical (unpaired) electrons. The predicted molar refractivity (Wildman–Crippen MR) is 559 cm³/mol. The first-order chi connectivity index (χ1) is 63.9. The van der Waals surface area contributed by atoms with Crippen molar-refractivity contribution in [1.29, 1.82) is 0 Å². The van der Waals surface area contributed by atoms with Crippen LogP contribution in [-0.4, -0.2) is 14.7 Å². The molecule has 0 bridgehead atoms. The molecule has 0 spiro atoms. The van der Waals surface area contributed by atoms with Gasteiger partial charge in [0.1, 0.15) is 34.5 Å². The van der Waals surface area contributed by atoms with E-state index < -0.39 is 23.5 Å². The molecule has 16 heteroatoms. The molecule has 0 saturated carbocycles. The van der Waals surface area contributed by atoms with Crippen LogP contribution in [-0.2, 0) is 63.3 Å². The van der Waals surface area contributed by atoms with Crippen LogP contribution < -0.4 is 27.1 Å². The van der Waals surface area contributed by atoms with Gasteiger partial charge in [0, 0.05) is 83.8 Å². The average Bonchev–Trinajstić information content (AvgIpc) is 1.46. The third kappa shape index (κ3) is 18.2. The second-order valence-electron chi connectivity index (χ2n) is 42.0. The molecular formula is C120H111FeO12P3. The molecule has 0 aromatic heterocycles. The second kappa shape index (κ2) is 34.9. The van der Waals surface area contributed by atoms with E-state index in [0.717, 1.165) is 165 Å². The van der Waals surface area contributed by atoms with Crippen LogP contribution in [0.15, 0.2) is 328 Å². The van der Waals surface area contributed by atoms with Gasteiger partial charge in [-0.1, -0.05) is 416 Å². The number of fused-ring (bicyclic) bond motifs is 21. The normalized spacial score (nSPS) is 14.2. The molecule has 3 aliphatic heterocycles. The fourth-order valence-corrected chi connectivity index (χ4v) is 21.6. The van der Waals surface area contributed by atoms with Gasteiger partial charge in [0.25, 0.3) is 0 Å². The summed E-state index contributed by atoms with van der Waals surface area (Å²) in [5.41, 5.74) is 21.4. The summed E-state index contributed by atoms with van der Waals surface area (Å²) in [7, 11) is -13.9. The summed E-state index contributed by atoms with van der Waals surface area (Å²) in [6.07, 6.45) is 0. The number of hydrogen-bond acceptors (Lipinski definition) is 9. The molecule has 0 unspecified atom stereocenters. The fourth-order valence-electron chi connectivity index (χ4n) is 19.0. The van der Waals surface area contributed by atoms with Gasteiger partial charge in [0.2, 0.25) is 0 Å². The molecule has 18 aromatic rings. The second-order valence-corrected chi connectivity index (χ2v) is 45.9. The smallest absolute Gasteiger partial charge is 0.394 e. The molecule has 18 aromatic carbocycles. The van der Waals surface area contributed by atoms with E-state index in [2.05, 4.69) is 307 Å². The summed E-state index contributed by atoms with van der Waals surface area (Å²) < 4.78 is 78.4. The first kappa shape index (κ1) is 93.8. The first-order valence-corrected chi connectivity index (χ1v) is 50.6.